The summed E-state index contributed by atoms with van der Waals surface area (Å²) in [5.74, 6) is -0.211. The van der Waals surface area contributed by atoms with E-state index in [1.54, 1.807) is 6.08 Å². The molecule has 0 rings (SSSR count). The molecule has 0 aromatic rings. The third kappa shape index (κ3) is 45.9. The summed E-state index contributed by atoms with van der Waals surface area (Å²) in [5.41, 5.74) is 0. The number of phosphoric ester groups is 1. The van der Waals surface area contributed by atoms with Gasteiger partial charge in [0.15, 0.2) is 0 Å². The minimum Gasteiger partial charge on any atom is -0.756 e. The van der Waals surface area contributed by atoms with Gasteiger partial charge in [0.2, 0.25) is 5.91 Å². The molecule has 0 aliphatic heterocycles. The average Bonchev–Trinajstić information content (AvgIpc) is 3.23. The van der Waals surface area contributed by atoms with Crippen molar-refractivity contribution in [2.45, 2.75) is 219 Å². The summed E-state index contributed by atoms with van der Waals surface area (Å²) in [4.78, 5) is 25.3. The number of nitrogens with zero attached hydrogens (tertiary/aromatic N) is 1. The fourth-order valence-electron chi connectivity index (χ4n) is 6.92. The number of amides is 1. The van der Waals surface area contributed by atoms with E-state index in [9.17, 15) is 19.4 Å². The number of hydrogen-bond acceptors (Lipinski definition) is 6. The summed E-state index contributed by atoms with van der Waals surface area (Å²) < 4.78 is 23.2. The van der Waals surface area contributed by atoms with Gasteiger partial charge in [-0.25, -0.2) is 0 Å². The summed E-state index contributed by atoms with van der Waals surface area (Å²) in [6.07, 6.45) is 59.8. The molecule has 9 heteroatoms. The van der Waals surface area contributed by atoms with Gasteiger partial charge in [0, 0.05) is 6.42 Å². The molecule has 3 unspecified atom stereocenters. The molecule has 0 saturated heterocycles. The second-order valence-corrected chi connectivity index (χ2v) is 19.5. The molecular formula is C53H97N2O6P. The first kappa shape index (κ1) is 59.9. The van der Waals surface area contributed by atoms with Gasteiger partial charge in [0.25, 0.3) is 7.82 Å². The molecule has 62 heavy (non-hydrogen) atoms. The van der Waals surface area contributed by atoms with Gasteiger partial charge in [-0.1, -0.05) is 202 Å². The first-order chi connectivity index (χ1) is 30.0. The van der Waals surface area contributed by atoms with Crippen LogP contribution in [0.1, 0.15) is 206 Å². The van der Waals surface area contributed by atoms with Gasteiger partial charge >= 0.3 is 0 Å². The van der Waals surface area contributed by atoms with Crippen LogP contribution in [0.5, 0.6) is 0 Å². The molecule has 0 aliphatic rings. The number of unbranched alkanes of at least 4 members (excludes halogenated alkanes) is 22. The van der Waals surface area contributed by atoms with Crippen LogP contribution in [-0.2, 0) is 18.4 Å². The van der Waals surface area contributed by atoms with Gasteiger partial charge in [0.1, 0.15) is 13.2 Å². The molecule has 0 bridgehead atoms. The summed E-state index contributed by atoms with van der Waals surface area (Å²) in [5, 5.41) is 13.7. The minimum atomic E-state index is -4.60. The largest absolute Gasteiger partial charge is 0.756 e. The van der Waals surface area contributed by atoms with Crippen LogP contribution < -0.4 is 10.2 Å². The average molecular weight is 889 g/mol. The molecule has 0 saturated carbocycles. The number of aliphatic hydroxyl groups is 1. The van der Waals surface area contributed by atoms with Crippen molar-refractivity contribution < 1.29 is 32.9 Å². The van der Waals surface area contributed by atoms with Crippen molar-refractivity contribution in [3.8, 4) is 0 Å². The Hall–Kier alpha value is -2.06. The first-order valence-electron chi connectivity index (χ1n) is 25.3. The molecule has 1 amide bonds. The van der Waals surface area contributed by atoms with Crippen LogP contribution in [0.4, 0.5) is 0 Å². The quantitative estimate of drug-likeness (QED) is 0.0273. The van der Waals surface area contributed by atoms with Crippen LogP contribution in [0.3, 0.4) is 0 Å². The van der Waals surface area contributed by atoms with E-state index >= 15 is 0 Å². The van der Waals surface area contributed by atoms with Crippen LogP contribution in [0.25, 0.3) is 0 Å². The number of likely N-dealkylation sites (N-methyl/N-ethyl adjacent to an activating group) is 1. The van der Waals surface area contributed by atoms with Gasteiger partial charge in [-0.2, -0.15) is 0 Å². The lowest BCUT2D eigenvalue weighted by atomic mass is 10.0. The van der Waals surface area contributed by atoms with Crippen LogP contribution in [0.15, 0.2) is 72.9 Å². The molecule has 3 atom stereocenters. The molecule has 360 valence electrons. The van der Waals surface area contributed by atoms with Gasteiger partial charge in [-0.3, -0.25) is 9.36 Å². The molecule has 0 aromatic carbocycles. The summed E-state index contributed by atoms with van der Waals surface area (Å²) in [6.45, 7) is 4.48. The zero-order chi connectivity index (χ0) is 45.7. The third-order valence-electron chi connectivity index (χ3n) is 10.9. The maximum absolute atomic E-state index is 12.9. The van der Waals surface area contributed by atoms with Crippen molar-refractivity contribution in [3.63, 3.8) is 0 Å². The maximum Gasteiger partial charge on any atom is 0.268 e. The highest BCUT2D eigenvalue weighted by Gasteiger charge is 2.23. The number of hydrogen-bond donors (Lipinski definition) is 2. The van der Waals surface area contributed by atoms with Crippen LogP contribution in [-0.4, -0.2) is 68.5 Å². The van der Waals surface area contributed by atoms with Crippen LogP contribution >= 0.6 is 7.82 Å². The maximum atomic E-state index is 12.9. The topological polar surface area (TPSA) is 108 Å². The number of nitrogens with one attached hydrogen (secondary N) is 1. The lowest BCUT2D eigenvalue weighted by molar-refractivity contribution is -0.870. The van der Waals surface area contributed by atoms with Crippen LogP contribution in [0.2, 0.25) is 0 Å². The Morgan fingerprint density at radius 1 is 0.581 bits per heavy atom. The van der Waals surface area contributed by atoms with E-state index in [4.69, 9.17) is 9.05 Å². The van der Waals surface area contributed by atoms with E-state index in [1.807, 2.05) is 27.2 Å². The van der Waals surface area contributed by atoms with E-state index in [0.29, 0.717) is 17.4 Å². The Morgan fingerprint density at radius 2 is 1.00 bits per heavy atom. The van der Waals surface area contributed by atoms with Crippen molar-refractivity contribution in [2.75, 3.05) is 40.9 Å². The zero-order valence-corrected chi connectivity index (χ0v) is 41.7. The molecule has 2 N–H and O–H groups in total. The van der Waals surface area contributed by atoms with Crippen LogP contribution in [0, 0.1) is 0 Å². The monoisotopic (exact) mass is 889 g/mol. The van der Waals surface area contributed by atoms with Crippen molar-refractivity contribution in [2.24, 2.45) is 0 Å². The van der Waals surface area contributed by atoms with E-state index < -0.39 is 26.6 Å². The van der Waals surface area contributed by atoms with Gasteiger partial charge < -0.3 is 28.8 Å². The SMILES string of the molecule is CC/C=C\C/C=C\C/C=C\C/C=C\CCCCCCCCCCCCCCCCCCC(=O)NC(COP(=O)([O-])OCC[N+](C)(C)C)C(O)/C=C/CC/C=C/CCCCCCC. The molecular weight excluding hydrogens is 792 g/mol. The van der Waals surface area contributed by atoms with Crippen molar-refractivity contribution in [3.05, 3.63) is 72.9 Å². The number of carbonyl (C=O) groups excluding carboxylic acids is 1. The predicted octanol–water partition coefficient (Wildman–Crippen LogP) is 14.1. The zero-order valence-electron chi connectivity index (χ0n) is 40.8. The van der Waals surface area contributed by atoms with Crippen molar-refractivity contribution in [1.82, 2.24) is 5.32 Å². The highest BCUT2D eigenvalue weighted by atomic mass is 31.2. The molecule has 0 fully saturated rings. The molecule has 8 nitrogen and oxygen atoms in total. The van der Waals surface area contributed by atoms with Gasteiger partial charge in [0.05, 0.1) is 39.9 Å². The van der Waals surface area contributed by atoms with E-state index in [2.05, 4.69) is 79.9 Å². The second kappa shape index (κ2) is 44.2. The minimum absolute atomic E-state index is 0.00832. The Bertz CT molecular complexity index is 1240. The Labute approximate surface area is 383 Å². The molecule has 0 heterocycles. The van der Waals surface area contributed by atoms with Gasteiger partial charge in [-0.15, -0.1) is 0 Å². The molecule has 0 aromatic heterocycles. The van der Waals surface area contributed by atoms with Gasteiger partial charge in [-0.05, 0) is 70.6 Å². The standard InChI is InChI=1S/C53H97N2O6P/c1-6-8-10-12-14-16-18-19-20-21-22-23-24-25-26-27-28-29-30-31-32-33-34-35-37-39-41-43-45-47-53(57)54-51(50-61-62(58,59)60-49-48-55(3,4)5)52(56)46-44-42-40-38-36-17-15-13-11-9-7-2/h8,10,14,16,19-20,22-23,36,38,44,46,51-52,56H,6-7,9,11-13,15,17-18,21,24-35,37,39-43,45,47-50H2,1-5H3,(H-,54,57,58,59)/b10-8-,16-14-,20-19-,23-22-,38-36+,46-44+. The lowest BCUT2D eigenvalue weighted by Gasteiger charge is -2.29. The summed E-state index contributed by atoms with van der Waals surface area (Å²) in [7, 11) is 1.24. The fourth-order valence-corrected chi connectivity index (χ4v) is 7.65. The number of carbonyl (C=O) groups is 1. The number of phosphoric acid groups is 1. The number of aliphatic hydroxyl groups excluding tert-OH is 1. The number of allylic oxidation sites excluding steroid dienone is 11. The fraction of sp³-hybridized carbons (Fsp3) is 0.755. The van der Waals surface area contributed by atoms with E-state index in [1.165, 1.54) is 122 Å². The number of rotatable bonds is 45. The predicted molar refractivity (Wildman–Crippen MR) is 265 cm³/mol. The third-order valence-corrected chi connectivity index (χ3v) is 11.9. The highest BCUT2D eigenvalue weighted by molar-refractivity contribution is 7.45. The van der Waals surface area contributed by atoms with E-state index in [0.717, 1.165) is 64.2 Å². The Balaban J connectivity index is 4.12. The molecule has 0 radical (unpaired) electrons. The van der Waals surface area contributed by atoms with Crippen molar-refractivity contribution in [1.29, 1.82) is 0 Å². The Kier molecular flexibility index (Phi) is 42.7. The smallest absolute Gasteiger partial charge is 0.268 e. The lowest BCUT2D eigenvalue weighted by Crippen LogP contribution is -2.45. The highest BCUT2D eigenvalue weighted by Crippen LogP contribution is 2.38. The summed E-state index contributed by atoms with van der Waals surface area (Å²) >= 11 is 0. The van der Waals surface area contributed by atoms with E-state index in [-0.39, 0.29) is 12.5 Å². The summed E-state index contributed by atoms with van der Waals surface area (Å²) in [6, 6.07) is -0.904. The first-order valence-corrected chi connectivity index (χ1v) is 26.8. The Morgan fingerprint density at radius 3 is 1.50 bits per heavy atom. The molecule has 0 spiro atoms. The second-order valence-electron chi connectivity index (χ2n) is 18.1. The van der Waals surface area contributed by atoms with Crippen molar-refractivity contribution >= 4 is 13.7 Å². The molecule has 0 aliphatic carbocycles. The number of quaternary nitrogens is 1. The normalized spacial score (nSPS) is 14.8.